The minimum atomic E-state index is -0.502. The van der Waals surface area contributed by atoms with Gasteiger partial charge in [-0.3, -0.25) is 4.79 Å². The van der Waals surface area contributed by atoms with E-state index < -0.39 is 5.91 Å². The molecule has 0 radical (unpaired) electrons. The van der Waals surface area contributed by atoms with E-state index in [1.165, 1.54) is 13.2 Å². The number of carbonyl (C=O) groups is 1. The number of hydrogen-bond acceptors (Lipinski definition) is 5. The number of ether oxygens (including phenoxy) is 3. The SMILES string of the molecule is C=CCOc1ccc(/C=C(\C#N)C(=O)Nc2ccc(OCC)cc2)cc1OC. The molecular weight excluding hydrogens is 356 g/mol. The monoisotopic (exact) mass is 378 g/mol. The largest absolute Gasteiger partial charge is 0.494 e. The molecule has 6 heteroatoms. The van der Waals surface area contributed by atoms with E-state index in [1.54, 1.807) is 48.5 Å². The second-order valence-electron chi connectivity index (χ2n) is 5.59. The maximum absolute atomic E-state index is 12.4. The molecule has 2 aromatic rings. The summed E-state index contributed by atoms with van der Waals surface area (Å²) in [6, 6.07) is 14.0. The van der Waals surface area contributed by atoms with Crippen molar-refractivity contribution in [3.05, 3.63) is 66.3 Å². The summed E-state index contributed by atoms with van der Waals surface area (Å²) in [5.74, 6) is 1.26. The second-order valence-corrected chi connectivity index (χ2v) is 5.59. The highest BCUT2D eigenvalue weighted by atomic mass is 16.5. The van der Waals surface area contributed by atoms with E-state index in [-0.39, 0.29) is 5.57 Å². The maximum atomic E-state index is 12.4. The molecule has 0 fully saturated rings. The number of rotatable bonds is 9. The van der Waals surface area contributed by atoms with Gasteiger partial charge in [0.05, 0.1) is 13.7 Å². The number of nitrogens with one attached hydrogen (secondary N) is 1. The van der Waals surface area contributed by atoms with E-state index in [1.807, 2.05) is 13.0 Å². The molecule has 0 aliphatic rings. The van der Waals surface area contributed by atoms with Gasteiger partial charge in [0.2, 0.25) is 0 Å². The van der Waals surface area contributed by atoms with Crippen molar-refractivity contribution in [3.63, 3.8) is 0 Å². The van der Waals surface area contributed by atoms with Crippen molar-refractivity contribution < 1.29 is 19.0 Å². The fraction of sp³-hybridized carbons (Fsp3) is 0.182. The molecule has 0 spiro atoms. The highest BCUT2D eigenvalue weighted by Crippen LogP contribution is 2.29. The molecular formula is C22H22N2O4. The second kappa shape index (κ2) is 10.4. The van der Waals surface area contributed by atoms with Gasteiger partial charge in [0.1, 0.15) is 24.0 Å². The van der Waals surface area contributed by atoms with Gasteiger partial charge in [-0.2, -0.15) is 5.26 Å². The normalized spacial score (nSPS) is 10.5. The first-order chi connectivity index (χ1) is 13.6. The smallest absolute Gasteiger partial charge is 0.266 e. The number of nitriles is 1. The van der Waals surface area contributed by atoms with Gasteiger partial charge >= 0.3 is 0 Å². The zero-order valence-corrected chi connectivity index (χ0v) is 15.9. The van der Waals surface area contributed by atoms with Gasteiger partial charge in [0.25, 0.3) is 5.91 Å². The van der Waals surface area contributed by atoms with Crippen molar-refractivity contribution in [2.45, 2.75) is 6.92 Å². The van der Waals surface area contributed by atoms with E-state index in [0.29, 0.717) is 41.7 Å². The van der Waals surface area contributed by atoms with Crippen molar-refractivity contribution in [3.8, 4) is 23.3 Å². The van der Waals surface area contributed by atoms with Crippen LogP contribution < -0.4 is 19.5 Å². The Balaban J connectivity index is 2.16. The molecule has 0 aromatic heterocycles. The van der Waals surface area contributed by atoms with E-state index in [4.69, 9.17) is 14.2 Å². The third-order valence-electron chi connectivity index (χ3n) is 3.64. The summed E-state index contributed by atoms with van der Waals surface area (Å²) >= 11 is 0. The van der Waals surface area contributed by atoms with Gasteiger partial charge in [-0.15, -0.1) is 0 Å². The summed E-state index contributed by atoms with van der Waals surface area (Å²) in [6.07, 6.45) is 3.12. The quantitative estimate of drug-likeness (QED) is 0.402. The molecule has 144 valence electrons. The summed E-state index contributed by atoms with van der Waals surface area (Å²) in [6.45, 7) is 6.41. The van der Waals surface area contributed by atoms with E-state index >= 15 is 0 Å². The van der Waals surface area contributed by atoms with Crippen LogP contribution in [0.3, 0.4) is 0 Å². The van der Waals surface area contributed by atoms with Gasteiger partial charge < -0.3 is 19.5 Å². The number of methoxy groups -OCH3 is 1. The molecule has 1 amide bonds. The third-order valence-corrected chi connectivity index (χ3v) is 3.64. The van der Waals surface area contributed by atoms with Gasteiger partial charge in [0.15, 0.2) is 11.5 Å². The molecule has 0 heterocycles. The molecule has 1 N–H and O–H groups in total. The van der Waals surface area contributed by atoms with Crippen LogP contribution in [0.5, 0.6) is 17.2 Å². The van der Waals surface area contributed by atoms with Crippen molar-refractivity contribution in [1.29, 1.82) is 5.26 Å². The molecule has 2 aromatic carbocycles. The van der Waals surface area contributed by atoms with Gasteiger partial charge in [-0.25, -0.2) is 0 Å². The first kappa shape index (κ1) is 20.6. The fourth-order valence-corrected chi connectivity index (χ4v) is 2.36. The van der Waals surface area contributed by atoms with E-state index in [0.717, 1.165) is 0 Å². The predicted molar refractivity (Wildman–Crippen MR) is 109 cm³/mol. The third kappa shape index (κ3) is 5.64. The molecule has 0 saturated carbocycles. The number of hydrogen-bond donors (Lipinski definition) is 1. The number of amides is 1. The summed E-state index contributed by atoms with van der Waals surface area (Å²) < 4.78 is 16.2. The molecule has 6 nitrogen and oxygen atoms in total. The Labute approximate surface area is 164 Å². The Morgan fingerprint density at radius 3 is 2.54 bits per heavy atom. The molecule has 0 aliphatic carbocycles. The average Bonchev–Trinajstić information content (AvgIpc) is 2.72. The van der Waals surface area contributed by atoms with Crippen LogP contribution in [0.2, 0.25) is 0 Å². The summed E-state index contributed by atoms with van der Waals surface area (Å²) in [5, 5.41) is 12.1. The van der Waals surface area contributed by atoms with Crippen LogP contribution in [-0.2, 0) is 4.79 Å². The van der Waals surface area contributed by atoms with Crippen molar-refractivity contribution in [2.75, 3.05) is 25.6 Å². The lowest BCUT2D eigenvalue weighted by atomic mass is 10.1. The Morgan fingerprint density at radius 1 is 1.18 bits per heavy atom. The van der Waals surface area contributed by atoms with Gasteiger partial charge in [-0.05, 0) is 55.0 Å². The first-order valence-corrected chi connectivity index (χ1v) is 8.69. The Kier molecular flexibility index (Phi) is 7.67. The lowest BCUT2D eigenvalue weighted by Gasteiger charge is -2.10. The van der Waals surface area contributed by atoms with Crippen molar-refractivity contribution in [2.24, 2.45) is 0 Å². The summed E-state index contributed by atoms with van der Waals surface area (Å²) in [5.41, 5.74) is 1.18. The molecule has 28 heavy (non-hydrogen) atoms. The Bertz CT molecular complexity index is 896. The van der Waals surface area contributed by atoms with Gasteiger partial charge in [0, 0.05) is 5.69 Å². The topological polar surface area (TPSA) is 80.6 Å². The van der Waals surface area contributed by atoms with E-state index in [9.17, 15) is 10.1 Å². The highest BCUT2D eigenvalue weighted by molar-refractivity contribution is 6.09. The zero-order valence-electron chi connectivity index (χ0n) is 15.9. The fourth-order valence-electron chi connectivity index (χ4n) is 2.36. The van der Waals surface area contributed by atoms with Crippen LogP contribution >= 0.6 is 0 Å². The van der Waals surface area contributed by atoms with Crippen LogP contribution in [0.15, 0.2) is 60.7 Å². The van der Waals surface area contributed by atoms with Crippen LogP contribution in [-0.4, -0.2) is 26.2 Å². The van der Waals surface area contributed by atoms with Crippen LogP contribution in [0.1, 0.15) is 12.5 Å². The molecule has 0 aliphatic heterocycles. The Morgan fingerprint density at radius 2 is 1.93 bits per heavy atom. The van der Waals surface area contributed by atoms with Crippen LogP contribution in [0.4, 0.5) is 5.69 Å². The molecule has 2 rings (SSSR count). The van der Waals surface area contributed by atoms with Crippen LogP contribution in [0, 0.1) is 11.3 Å². The number of nitrogens with zero attached hydrogens (tertiary/aromatic N) is 1. The lowest BCUT2D eigenvalue weighted by Crippen LogP contribution is -2.13. The molecule has 0 unspecified atom stereocenters. The van der Waals surface area contributed by atoms with Crippen molar-refractivity contribution in [1.82, 2.24) is 0 Å². The minimum absolute atomic E-state index is 0.0318. The summed E-state index contributed by atoms with van der Waals surface area (Å²) in [4.78, 5) is 12.4. The number of benzene rings is 2. The number of carbonyl (C=O) groups excluding carboxylic acids is 1. The van der Waals surface area contributed by atoms with Crippen molar-refractivity contribution >= 4 is 17.7 Å². The summed E-state index contributed by atoms with van der Waals surface area (Å²) in [7, 11) is 1.52. The van der Waals surface area contributed by atoms with E-state index in [2.05, 4.69) is 11.9 Å². The predicted octanol–water partition coefficient (Wildman–Crippen LogP) is 4.20. The molecule has 0 saturated heterocycles. The first-order valence-electron chi connectivity index (χ1n) is 8.69. The highest BCUT2D eigenvalue weighted by Gasteiger charge is 2.11. The zero-order chi connectivity index (χ0) is 20.4. The average molecular weight is 378 g/mol. The van der Waals surface area contributed by atoms with Gasteiger partial charge in [-0.1, -0.05) is 18.7 Å². The Hall–Kier alpha value is -3.72. The van der Waals surface area contributed by atoms with Crippen LogP contribution in [0.25, 0.3) is 6.08 Å². The molecule has 0 atom stereocenters. The number of anilines is 1. The maximum Gasteiger partial charge on any atom is 0.266 e. The molecule has 0 bridgehead atoms. The minimum Gasteiger partial charge on any atom is -0.494 e. The standard InChI is InChI=1S/C22H22N2O4/c1-4-12-28-20-11-6-16(14-21(20)26-3)13-17(15-23)22(25)24-18-7-9-19(10-8-18)27-5-2/h4,6-11,13-14H,1,5,12H2,2-3H3,(H,24,25)/b17-13+. The lowest BCUT2D eigenvalue weighted by molar-refractivity contribution is -0.112.